The molecule has 0 saturated carbocycles. The number of carbonyl (C=O) groups is 3. The Morgan fingerprint density at radius 1 is 1.15 bits per heavy atom. The average molecular weight is 454 g/mol. The van der Waals surface area contributed by atoms with Gasteiger partial charge in [-0.15, -0.1) is 0 Å². The van der Waals surface area contributed by atoms with Crippen LogP contribution in [0.2, 0.25) is 0 Å². The number of hydrogen-bond acceptors (Lipinski definition) is 7. The molecule has 1 amide bonds. The van der Waals surface area contributed by atoms with Crippen molar-refractivity contribution < 1.29 is 24.2 Å². The van der Waals surface area contributed by atoms with E-state index in [4.69, 9.17) is 4.74 Å². The topological polar surface area (TPSA) is 117 Å². The molecule has 1 aliphatic rings. The van der Waals surface area contributed by atoms with Crippen LogP contribution in [0.5, 0.6) is 5.75 Å². The molecule has 0 spiro atoms. The molecule has 1 heterocycles. The number of aldehydes is 1. The normalized spacial score (nSPS) is 19.0. The third-order valence-corrected chi connectivity index (χ3v) is 5.76. The molecule has 2 aromatic carbocycles. The van der Waals surface area contributed by atoms with Crippen LogP contribution in [0.15, 0.2) is 48.5 Å². The van der Waals surface area contributed by atoms with E-state index in [1.54, 1.807) is 6.07 Å². The zero-order valence-corrected chi connectivity index (χ0v) is 19.1. The van der Waals surface area contributed by atoms with E-state index < -0.39 is 30.0 Å². The summed E-state index contributed by atoms with van der Waals surface area (Å²) in [5, 5.41) is 19.9. The summed E-state index contributed by atoms with van der Waals surface area (Å²) < 4.78 is 5.37. The number of hydrogen-bond donors (Lipinski definition) is 4. The molecule has 2 aromatic rings. The number of amides is 1. The number of para-hydroxylation sites is 1. The minimum absolute atomic E-state index is 0.0944. The van der Waals surface area contributed by atoms with Crippen LogP contribution in [0.25, 0.3) is 0 Å². The lowest BCUT2D eigenvalue weighted by molar-refractivity contribution is -0.131. The SMILES string of the molecule is CC(C)(C)c1cccc(CC(NC(=O)OCc2ccccc2)C2NCNC2C(=O)C=O)c1O. The minimum Gasteiger partial charge on any atom is -0.507 e. The quantitative estimate of drug-likeness (QED) is 0.358. The van der Waals surface area contributed by atoms with E-state index in [2.05, 4.69) is 16.0 Å². The van der Waals surface area contributed by atoms with E-state index in [1.807, 2.05) is 63.2 Å². The Labute approximate surface area is 193 Å². The maximum absolute atomic E-state index is 12.6. The highest BCUT2D eigenvalue weighted by Gasteiger charge is 2.39. The molecule has 0 radical (unpaired) electrons. The average Bonchev–Trinajstić information content (AvgIpc) is 3.28. The molecule has 1 fully saturated rings. The molecule has 1 saturated heterocycles. The Hall–Kier alpha value is -3.23. The van der Waals surface area contributed by atoms with Crippen molar-refractivity contribution in [2.75, 3.05) is 6.67 Å². The highest BCUT2D eigenvalue weighted by molar-refractivity contribution is 6.27. The van der Waals surface area contributed by atoms with Crippen molar-refractivity contribution in [1.82, 2.24) is 16.0 Å². The Kier molecular flexibility index (Phi) is 7.84. The molecule has 3 rings (SSSR count). The number of ketones is 1. The number of benzene rings is 2. The summed E-state index contributed by atoms with van der Waals surface area (Å²) >= 11 is 0. The maximum atomic E-state index is 12.6. The summed E-state index contributed by atoms with van der Waals surface area (Å²) in [4.78, 5) is 35.9. The number of phenols is 1. The van der Waals surface area contributed by atoms with Crippen LogP contribution < -0.4 is 16.0 Å². The second kappa shape index (κ2) is 10.6. The molecular formula is C25H31N3O5. The molecule has 8 heteroatoms. The first-order valence-corrected chi connectivity index (χ1v) is 10.9. The van der Waals surface area contributed by atoms with Gasteiger partial charge in [0.25, 0.3) is 0 Å². The molecule has 3 atom stereocenters. The second-order valence-electron chi connectivity index (χ2n) is 9.19. The zero-order valence-electron chi connectivity index (χ0n) is 19.1. The first-order chi connectivity index (χ1) is 15.7. The van der Waals surface area contributed by atoms with Crippen LogP contribution in [-0.2, 0) is 32.8 Å². The number of aromatic hydroxyl groups is 1. The van der Waals surface area contributed by atoms with E-state index >= 15 is 0 Å². The van der Waals surface area contributed by atoms with E-state index in [0.717, 1.165) is 11.1 Å². The molecule has 3 unspecified atom stereocenters. The Morgan fingerprint density at radius 3 is 2.55 bits per heavy atom. The first-order valence-electron chi connectivity index (χ1n) is 10.9. The number of Topliss-reactive ketones (excluding diaryl/α,β-unsaturated/α-hetero) is 1. The lowest BCUT2D eigenvalue weighted by Crippen LogP contribution is -2.56. The summed E-state index contributed by atoms with van der Waals surface area (Å²) in [7, 11) is 0. The summed E-state index contributed by atoms with van der Waals surface area (Å²) in [6.45, 7) is 6.41. The summed E-state index contributed by atoms with van der Waals surface area (Å²) in [6.07, 6.45) is -0.139. The van der Waals surface area contributed by atoms with Crippen LogP contribution in [-0.4, -0.2) is 48.1 Å². The van der Waals surface area contributed by atoms with E-state index in [-0.39, 0.29) is 30.5 Å². The van der Waals surface area contributed by atoms with Crippen LogP contribution in [0, 0.1) is 0 Å². The molecule has 0 aliphatic carbocycles. The van der Waals surface area contributed by atoms with E-state index in [1.165, 1.54) is 0 Å². The molecular weight excluding hydrogens is 422 g/mol. The number of rotatable bonds is 8. The third-order valence-electron chi connectivity index (χ3n) is 5.76. The highest BCUT2D eigenvalue weighted by atomic mass is 16.5. The van der Waals surface area contributed by atoms with Crippen LogP contribution in [0.3, 0.4) is 0 Å². The van der Waals surface area contributed by atoms with Gasteiger partial charge in [0.15, 0.2) is 6.29 Å². The number of alkyl carbamates (subject to hydrolysis) is 1. The number of nitrogens with one attached hydrogen (secondary N) is 3. The fourth-order valence-corrected chi connectivity index (χ4v) is 4.04. The number of phenolic OH excluding ortho intramolecular Hbond substituents is 1. The Bertz CT molecular complexity index is 987. The highest BCUT2D eigenvalue weighted by Crippen LogP contribution is 2.34. The largest absolute Gasteiger partial charge is 0.507 e. The zero-order chi connectivity index (χ0) is 24.0. The van der Waals surface area contributed by atoms with E-state index in [9.17, 15) is 19.5 Å². The molecule has 176 valence electrons. The summed E-state index contributed by atoms with van der Waals surface area (Å²) in [5.74, 6) is -0.458. The molecule has 33 heavy (non-hydrogen) atoms. The van der Waals surface area contributed by atoms with E-state index in [0.29, 0.717) is 12.2 Å². The van der Waals surface area contributed by atoms with Crippen LogP contribution in [0.1, 0.15) is 37.5 Å². The molecule has 0 aromatic heterocycles. The van der Waals surface area contributed by atoms with Gasteiger partial charge in [0, 0.05) is 6.67 Å². The van der Waals surface area contributed by atoms with Crippen LogP contribution in [0.4, 0.5) is 4.79 Å². The summed E-state index contributed by atoms with van der Waals surface area (Å²) in [6, 6.07) is 12.8. The summed E-state index contributed by atoms with van der Waals surface area (Å²) in [5.41, 5.74) is 1.97. The van der Waals surface area contributed by atoms with Gasteiger partial charge in [0.1, 0.15) is 12.4 Å². The van der Waals surface area contributed by atoms with Gasteiger partial charge in [-0.25, -0.2) is 4.79 Å². The van der Waals surface area contributed by atoms with Crippen molar-refractivity contribution in [3.63, 3.8) is 0 Å². The van der Waals surface area contributed by atoms with Crippen molar-refractivity contribution in [3.8, 4) is 5.75 Å². The molecule has 0 bridgehead atoms. The first kappa shape index (κ1) is 24.4. The van der Waals surface area contributed by atoms with Gasteiger partial charge < -0.3 is 15.2 Å². The van der Waals surface area contributed by atoms with Gasteiger partial charge in [-0.3, -0.25) is 20.2 Å². The third kappa shape index (κ3) is 6.18. The lowest BCUT2D eigenvalue weighted by Gasteiger charge is -2.29. The van der Waals surface area contributed by atoms with Crippen molar-refractivity contribution in [2.24, 2.45) is 0 Å². The Morgan fingerprint density at radius 2 is 1.88 bits per heavy atom. The van der Waals surface area contributed by atoms with Crippen molar-refractivity contribution >= 4 is 18.2 Å². The van der Waals surface area contributed by atoms with Crippen molar-refractivity contribution in [3.05, 3.63) is 65.2 Å². The van der Waals surface area contributed by atoms with Crippen molar-refractivity contribution in [1.29, 1.82) is 0 Å². The van der Waals surface area contributed by atoms with Gasteiger partial charge >= 0.3 is 6.09 Å². The maximum Gasteiger partial charge on any atom is 0.407 e. The molecule has 8 nitrogen and oxygen atoms in total. The lowest BCUT2D eigenvalue weighted by atomic mass is 9.84. The predicted molar refractivity (Wildman–Crippen MR) is 124 cm³/mol. The molecule has 1 aliphatic heterocycles. The predicted octanol–water partition coefficient (Wildman–Crippen LogP) is 2.18. The fourth-order valence-electron chi connectivity index (χ4n) is 4.04. The number of ether oxygens (including phenoxy) is 1. The van der Waals surface area contributed by atoms with Crippen molar-refractivity contribution in [2.45, 2.75) is 57.3 Å². The van der Waals surface area contributed by atoms with Gasteiger partial charge in [0.05, 0.1) is 18.1 Å². The molecule has 4 N–H and O–H groups in total. The number of carbonyl (C=O) groups excluding carboxylic acids is 3. The smallest absolute Gasteiger partial charge is 0.407 e. The van der Waals surface area contributed by atoms with Gasteiger partial charge in [0.2, 0.25) is 5.78 Å². The fraction of sp³-hybridized carbons (Fsp3) is 0.400. The van der Waals surface area contributed by atoms with Gasteiger partial charge in [-0.05, 0) is 28.5 Å². The monoisotopic (exact) mass is 453 g/mol. The van der Waals surface area contributed by atoms with Crippen LogP contribution >= 0.6 is 0 Å². The minimum atomic E-state index is -0.796. The standard InChI is InChI=1S/C25H31N3O5/c1-25(2,3)18-11-7-10-17(23(18)31)12-19(21-22(20(30)13-29)27-15-26-21)28-24(32)33-14-16-8-5-4-6-9-16/h4-11,13,19,21-22,26-27,31H,12,14-15H2,1-3H3,(H,28,32). The Balaban J connectivity index is 1.82. The van der Waals surface area contributed by atoms with Gasteiger partial charge in [-0.2, -0.15) is 0 Å². The van der Waals surface area contributed by atoms with Gasteiger partial charge in [-0.1, -0.05) is 69.3 Å². The second-order valence-corrected chi connectivity index (χ2v) is 9.19.